The first-order valence-corrected chi connectivity index (χ1v) is 6.08. The molecule has 19 heavy (non-hydrogen) atoms. The third-order valence-electron chi connectivity index (χ3n) is 3.16. The van der Waals surface area contributed by atoms with Crippen LogP contribution in [0.25, 0.3) is 0 Å². The van der Waals surface area contributed by atoms with E-state index < -0.39 is 18.1 Å². The van der Waals surface area contributed by atoms with Crippen molar-refractivity contribution in [1.29, 1.82) is 0 Å². The summed E-state index contributed by atoms with van der Waals surface area (Å²) in [7, 11) is 0. The largest absolute Gasteiger partial charge is 0.481 e. The van der Waals surface area contributed by atoms with Crippen molar-refractivity contribution < 1.29 is 27.9 Å². The number of nitrogens with zero attached hydrogens (tertiary/aromatic N) is 1. The van der Waals surface area contributed by atoms with Gasteiger partial charge in [-0.25, -0.2) is 0 Å². The lowest BCUT2D eigenvalue weighted by molar-refractivity contribution is -0.173. The van der Waals surface area contributed by atoms with E-state index in [0.29, 0.717) is 32.5 Å². The molecular weight excluding hydrogens is 265 g/mol. The fraction of sp³-hybridized carbons (Fsp3) is 0.818. The minimum atomic E-state index is -4.83. The van der Waals surface area contributed by atoms with Gasteiger partial charge in [0.15, 0.2) is 0 Å². The molecule has 1 amide bonds. The van der Waals surface area contributed by atoms with Gasteiger partial charge in [-0.2, -0.15) is 13.2 Å². The van der Waals surface area contributed by atoms with Crippen molar-refractivity contribution in [2.24, 2.45) is 5.92 Å². The summed E-state index contributed by atoms with van der Waals surface area (Å²) in [4.78, 5) is 23.0. The number of aliphatic carboxylic acids is 1. The average molecular weight is 282 g/mol. The minimum absolute atomic E-state index is 0.0190. The first-order valence-electron chi connectivity index (χ1n) is 6.08. The first kappa shape index (κ1) is 15.7. The van der Waals surface area contributed by atoms with Gasteiger partial charge in [-0.1, -0.05) is 0 Å². The molecule has 0 aromatic carbocycles. The Morgan fingerprint density at radius 2 is 1.84 bits per heavy atom. The fourth-order valence-electron chi connectivity index (χ4n) is 2.01. The highest BCUT2D eigenvalue weighted by atomic mass is 19.4. The van der Waals surface area contributed by atoms with Gasteiger partial charge >= 0.3 is 18.1 Å². The third kappa shape index (κ3) is 5.91. The van der Waals surface area contributed by atoms with Gasteiger partial charge in [-0.05, 0) is 31.8 Å². The molecule has 0 aliphatic carbocycles. The second-order valence-electron chi connectivity index (χ2n) is 4.64. The Labute approximate surface area is 108 Å². The Morgan fingerprint density at radius 3 is 2.32 bits per heavy atom. The lowest BCUT2D eigenvalue weighted by Crippen LogP contribution is -2.42. The molecule has 2 N–H and O–H groups in total. The molecule has 1 saturated heterocycles. The van der Waals surface area contributed by atoms with E-state index in [0.717, 1.165) is 0 Å². The number of nitrogens with one attached hydrogen (secondary N) is 1. The van der Waals surface area contributed by atoms with Gasteiger partial charge in [-0.3, -0.25) is 9.59 Å². The van der Waals surface area contributed by atoms with E-state index in [4.69, 9.17) is 5.11 Å². The van der Waals surface area contributed by atoms with E-state index in [1.807, 2.05) is 10.2 Å². The molecule has 5 nitrogen and oxygen atoms in total. The lowest BCUT2D eigenvalue weighted by Gasteiger charge is -2.31. The molecule has 1 rings (SSSR count). The standard InChI is InChI=1S/C11H17F3N2O3/c12-11(13,14)10(19)15-7-8-1-4-16(5-2-8)6-3-9(17)18/h8H,1-7H2,(H,15,19)(H,17,18). The predicted octanol–water partition coefficient (Wildman–Crippen LogP) is 0.852. The van der Waals surface area contributed by atoms with Crippen molar-refractivity contribution in [3.05, 3.63) is 0 Å². The molecule has 0 aromatic heterocycles. The number of carboxylic acid groups (broad SMARTS) is 1. The number of hydrogen-bond donors (Lipinski definition) is 2. The Balaban J connectivity index is 2.20. The number of hydrogen-bond acceptors (Lipinski definition) is 3. The van der Waals surface area contributed by atoms with Crippen LogP contribution in [-0.4, -0.2) is 54.2 Å². The van der Waals surface area contributed by atoms with Crippen LogP contribution in [0.4, 0.5) is 13.2 Å². The Bertz CT molecular complexity index is 326. The van der Waals surface area contributed by atoms with E-state index in [1.54, 1.807) is 0 Å². The SMILES string of the molecule is O=C(O)CCN1CCC(CNC(=O)C(F)(F)F)CC1. The van der Waals surface area contributed by atoms with Crippen molar-refractivity contribution >= 4 is 11.9 Å². The molecule has 0 saturated carbocycles. The number of carboxylic acids is 1. The second kappa shape index (κ2) is 6.74. The maximum atomic E-state index is 12.0. The van der Waals surface area contributed by atoms with E-state index >= 15 is 0 Å². The molecule has 0 aromatic rings. The average Bonchev–Trinajstić information content (AvgIpc) is 2.33. The van der Waals surface area contributed by atoms with E-state index in [2.05, 4.69) is 0 Å². The molecule has 1 aliphatic heterocycles. The summed E-state index contributed by atoms with van der Waals surface area (Å²) < 4.78 is 35.9. The number of carbonyl (C=O) groups excluding carboxylic acids is 1. The van der Waals surface area contributed by atoms with Gasteiger partial charge in [0.25, 0.3) is 0 Å². The van der Waals surface area contributed by atoms with Crippen LogP contribution in [0.2, 0.25) is 0 Å². The van der Waals surface area contributed by atoms with Crippen LogP contribution in [0.1, 0.15) is 19.3 Å². The van der Waals surface area contributed by atoms with Gasteiger partial charge in [-0.15, -0.1) is 0 Å². The zero-order valence-electron chi connectivity index (χ0n) is 10.4. The number of alkyl halides is 3. The van der Waals surface area contributed by atoms with Gasteiger partial charge in [0.1, 0.15) is 0 Å². The summed E-state index contributed by atoms with van der Waals surface area (Å²) >= 11 is 0. The van der Waals surface area contributed by atoms with Crippen LogP contribution < -0.4 is 5.32 Å². The van der Waals surface area contributed by atoms with Crippen LogP contribution >= 0.6 is 0 Å². The minimum Gasteiger partial charge on any atom is -0.481 e. The van der Waals surface area contributed by atoms with Gasteiger partial charge < -0.3 is 15.3 Å². The Morgan fingerprint density at radius 1 is 1.26 bits per heavy atom. The van der Waals surface area contributed by atoms with E-state index in [-0.39, 0.29) is 18.9 Å². The van der Waals surface area contributed by atoms with E-state index in [9.17, 15) is 22.8 Å². The summed E-state index contributed by atoms with van der Waals surface area (Å²) in [6.07, 6.45) is -3.44. The van der Waals surface area contributed by atoms with Crippen LogP contribution in [0.3, 0.4) is 0 Å². The molecule has 1 fully saturated rings. The fourth-order valence-corrected chi connectivity index (χ4v) is 2.01. The van der Waals surface area contributed by atoms with Crippen LogP contribution in [-0.2, 0) is 9.59 Å². The Hall–Kier alpha value is -1.31. The molecular formula is C11H17F3N2O3. The number of rotatable bonds is 5. The van der Waals surface area contributed by atoms with Crippen LogP contribution in [0.15, 0.2) is 0 Å². The summed E-state index contributed by atoms with van der Waals surface area (Å²) in [5, 5.41) is 10.4. The van der Waals surface area contributed by atoms with Crippen molar-refractivity contribution in [2.75, 3.05) is 26.2 Å². The summed E-state index contributed by atoms with van der Waals surface area (Å²) in [5.74, 6) is -2.74. The number of carbonyl (C=O) groups is 2. The first-order chi connectivity index (χ1) is 8.79. The molecule has 1 aliphatic rings. The highest BCUT2D eigenvalue weighted by molar-refractivity contribution is 5.81. The number of amides is 1. The normalized spacial score (nSPS) is 18.3. The maximum Gasteiger partial charge on any atom is 0.471 e. The van der Waals surface area contributed by atoms with Crippen LogP contribution in [0, 0.1) is 5.92 Å². The highest BCUT2D eigenvalue weighted by Gasteiger charge is 2.38. The molecule has 0 spiro atoms. The molecule has 8 heteroatoms. The highest BCUT2D eigenvalue weighted by Crippen LogP contribution is 2.18. The zero-order chi connectivity index (χ0) is 14.5. The maximum absolute atomic E-state index is 12.0. The summed E-state index contributed by atoms with van der Waals surface area (Å²) in [5.41, 5.74) is 0. The van der Waals surface area contributed by atoms with Gasteiger partial charge in [0, 0.05) is 13.1 Å². The number of likely N-dealkylation sites (tertiary alicyclic amines) is 1. The van der Waals surface area contributed by atoms with Crippen molar-refractivity contribution in [1.82, 2.24) is 10.2 Å². The topological polar surface area (TPSA) is 69.6 Å². The molecule has 0 radical (unpaired) electrons. The molecule has 0 unspecified atom stereocenters. The molecule has 0 bridgehead atoms. The summed E-state index contributed by atoms with van der Waals surface area (Å²) in [6, 6.07) is 0. The molecule has 1 heterocycles. The van der Waals surface area contributed by atoms with Crippen molar-refractivity contribution in [3.8, 4) is 0 Å². The molecule has 110 valence electrons. The van der Waals surface area contributed by atoms with Gasteiger partial charge in [0.05, 0.1) is 6.42 Å². The smallest absolute Gasteiger partial charge is 0.471 e. The zero-order valence-corrected chi connectivity index (χ0v) is 10.4. The molecule has 0 atom stereocenters. The van der Waals surface area contributed by atoms with Crippen LogP contribution in [0.5, 0.6) is 0 Å². The predicted molar refractivity (Wildman–Crippen MR) is 60.5 cm³/mol. The monoisotopic (exact) mass is 282 g/mol. The number of halogens is 3. The van der Waals surface area contributed by atoms with Crippen molar-refractivity contribution in [2.45, 2.75) is 25.4 Å². The Kier molecular flexibility index (Phi) is 5.59. The lowest BCUT2D eigenvalue weighted by atomic mass is 9.96. The summed E-state index contributed by atoms with van der Waals surface area (Å²) in [6.45, 7) is 1.78. The second-order valence-corrected chi connectivity index (χ2v) is 4.64. The van der Waals surface area contributed by atoms with E-state index in [1.165, 1.54) is 0 Å². The quantitative estimate of drug-likeness (QED) is 0.784. The van der Waals surface area contributed by atoms with Gasteiger partial charge in [0.2, 0.25) is 0 Å². The third-order valence-corrected chi connectivity index (χ3v) is 3.16. The number of piperidine rings is 1. The van der Waals surface area contributed by atoms with Crippen molar-refractivity contribution in [3.63, 3.8) is 0 Å².